The fourth-order valence-electron chi connectivity index (χ4n) is 3.05. The van der Waals surface area contributed by atoms with Crippen molar-refractivity contribution in [3.63, 3.8) is 0 Å². The van der Waals surface area contributed by atoms with Crippen LogP contribution in [0.3, 0.4) is 0 Å². The number of anilines is 1. The van der Waals surface area contributed by atoms with E-state index in [-0.39, 0.29) is 11.6 Å². The van der Waals surface area contributed by atoms with Crippen molar-refractivity contribution < 1.29 is 19.0 Å². The van der Waals surface area contributed by atoms with Gasteiger partial charge < -0.3 is 19.1 Å². The highest BCUT2D eigenvalue weighted by Gasteiger charge is 2.24. The SMILES string of the molecule is COc1cccc(C2=N/C(=C\c3ccc(N4CCOCC4)cc3)C(=O)O2)c1. The van der Waals surface area contributed by atoms with E-state index in [0.717, 1.165) is 37.6 Å². The molecule has 1 fully saturated rings. The lowest BCUT2D eigenvalue weighted by Crippen LogP contribution is -2.36. The smallest absolute Gasteiger partial charge is 0.363 e. The Bertz CT molecular complexity index is 897. The van der Waals surface area contributed by atoms with Gasteiger partial charge in [-0.1, -0.05) is 18.2 Å². The van der Waals surface area contributed by atoms with Crippen molar-refractivity contribution >= 4 is 23.6 Å². The summed E-state index contributed by atoms with van der Waals surface area (Å²) in [5.41, 5.74) is 3.03. The van der Waals surface area contributed by atoms with Crippen LogP contribution in [0.4, 0.5) is 5.69 Å². The number of ether oxygens (including phenoxy) is 3. The van der Waals surface area contributed by atoms with Crippen LogP contribution in [0.1, 0.15) is 11.1 Å². The molecule has 138 valence electrons. The van der Waals surface area contributed by atoms with Crippen LogP contribution < -0.4 is 9.64 Å². The van der Waals surface area contributed by atoms with E-state index >= 15 is 0 Å². The van der Waals surface area contributed by atoms with Crippen LogP contribution >= 0.6 is 0 Å². The Hall–Kier alpha value is -3.12. The molecule has 2 aliphatic rings. The van der Waals surface area contributed by atoms with Crippen LogP contribution in [0.5, 0.6) is 5.75 Å². The van der Waals surface area contributed by atoms with Gasteiger partial charge >= 0.3 is 5.97 Å². The third-order valence-corrected chi connectivity index (χ3v) is 4.51. The van der Waals surface area contributed by atoms with Crippen LogP contribution in [-0.4, -0.2) is 45.3 Å². The molecule has 0 spiro atoms. The zero-order valence-corrected chi connectivity index (χ0v) is 15.1. The molecule has 0 aliphatic carbocycles. The number of cyclic esters (lactones) is 1. The molecule has 0 aromatic heterocycles. The number of methoxy groups -OCH3 is 1. The summed E-state index contributed by atoms with van der Waals surface area (Å²) in [6.07, 6.45) is 1.73. The number of esters is 1. The van der Waals surface area contributed by atoms with Crippen LogP contribution in [-0.2, 0) is 14.3 Å². The van der Waals surface area contributed by atoms with Gasteiger partial charge in [0.05, 0.1) is 20.3 Å². The number of carbonyl (C=O) groups excluding carboxylic acids is 1. The third kappa shape index (κ3) is 3.85. The molecule has 2 aromatic carbocycles. The van der Waals surface area contributed by atoms with E-state index in [2.05, 4.69) is 9.89 Å². The predicted octanol–water partition coefficient (Wildman–Crippen LogP) is 2.88. The molecule has 2 aliphatic heterocycles. The van der Waals surface area contributed by atoms with Crippen LogP contribution in [0, 0.1) is 0 Å². The van der Waals surface area contributed by atoms with Crippen LogP contribution in [0.25, 0.3) is 6.08 Å². The van der Waals surface area contributed by atoms with E-state index in [4.69, 9.17) is 14.2 Å². The minimum Gasteiger partial charge on any atom is -0.497 e. The normalized spacial score (nSPS) is 18.4. The van der Waals surface area contributed by atoms with E-state index in [1.807, 2.05) is 42.5 Å². The molecule has 0 saturated carbocycles. The third-order valence-electron chi connectivity index (χ3n) is 4.51. The maximum atomic E-state index is 12.2. The first-order valence-electron chi connectivity index (χ1n) is 8.83. The summed E-state index contributed by atoms with van der Waals surface area (Å²) in [5, 5.41) is 0. The molecule has 0 amide bonds. The van der Waals surface area contributed by atoms with Gasteiger partial charge in [0.2, 0.25) is 5.90 Å². The number of hydrogen-bond donors (Lipinski definition) is 0. The van der Waals surface area contributed by atoms with E-state index in [9.17, 15) is 4.79 Å². The second kappa shape index (κ2) is 7.63. The lowest BCUT2D eigenvalue weighted by atomic mass is 10.1. The number of rotatable bonds is 4. The van der Waals surface area contributed by atoms with E-state index in [1.165, 1.54) is 0 Å². The number of nitrogens with zero attached hydrogens (tertiary/aromatic N) is 2. The van der Waals surface area contributed by atoms with E-state index in [1.54, 1.807) is 19.3 Å². The first kappa shape index (κ1) is 17.3. The molecule has 0 atom stereocenters. The summed E-state index contributed by atoms with van der Waals surface area (Å²) in [5.74, 6) is 0.516. The van der Waals surface area contributed by atoms with Crippen LogP contribution in [0.15, 0.2) is 59.2 Å². The molecule has 2 aromatic rings. The van der Waals surface area contributed by atoms with E-state index in [0.29, 0.717) is 11.3 Å². The quantitative estimate of drug-likeness (QED) is 0.617. The number of morpholine rings is 1. The monoisotopic (exact) mass is 364 g/mol. The summed E-state index contributed by atoms with van der Waals surface area (Å²) in [7, 11) is 1.59. The lowest BCUT2D eigenvalue weighted by molar-refractivity contribution is -0.129. The van der Waals surface area contributed by atoms with Crippen molar-refractivity contribution in [2.24, 2.45) is 4.99 Å². The van der Waals surface area contributed by atoms with Crippen molar-refractivity contribution in [1.29, 1.82) is 0 Å². The zero-order valence-electron chi connectivity index (χ0n) is 15.1. The lowest BCUT2D eigenvalue weighted by Gasteiger charge is -2.28. The summed E-state index contributed by atoms with van der Waals surface area (Å²) >= 11 is 0. The van der Waals surface area contributed by atoms with Gasteiger partial charge in [0.25, 0.3) is 0 Å². The van der Waals surface area contributed by atoms with E-state index < -0.39 is 5.97 Å². The molecule has 0 radical (unpaired) electrons. The fraction of sp³-hybridized carbons (Fsp3) is 0.238. The predicted molar refractivity (Wildman–Crippen MR) is 103 cm³/mol. The maximum absolute atomic E-state index is 12.2. The molecular formula is C21H20N2O4. The summed E-state index contributed by atoms with van der Waals surface area (Å²) < 4.78 is 15.9. The standard InChI is InChI=1S/C21H20N2O4/c1-25-18-4-2-3-16(14-18)20-22-19(21(24)27-20)13-15-5-7-17(8-6-15)23-9-11-26-12-10-23/h2-8,13-14H,9-12H2,1H3/b19-13-. The van der Waals surface area contributed by atoms with Crippen molar-refractivity contribution in [3.8, 4) is 5.75 Å². The molecule has 0 bridgehead atoms. The van der Waals surface area contributed by atoms with Gasteiger partial charge in [-0.2, -0.15) is 0 Å². The number of benzene rings is 2. The average molecular weight is 364 g/mol. The van der Waals surface area contributed by atoms with Crippen molar-refractivity contribution in [2.45, 2.75) is 0 Å². The van der Waals surface area contributed by atoms with Crippen molar-refractivity contribution in [1.82, 2.24) is 0 Å². The molecule has 0 N–H and O–H groups in total. The molecule has 0 unspecified atom stereocenters. The van der Waals surface area contributed by atoms with Gasteiger partial charge in [0.1, 0.15) is 5.75 Å². The van der Waals surface area contributed by atoms with Gasteiger partial charge in [0, 0.05) is 24.3 Å². The average Bonchev–Trinajstić information content (AvgIpc) is 3.10. The molecule has 2 heterocycles. The second-order valence-corrected chi connectivity index (χ2v) is 6.26. The second-order valence-electron chi connectivity index (χ2n) is 6.26. The number of carbonyl (C=O) groups is 1. The Labute approximate surface area is 157 Å². The fourth-order valence-corrected chi connectivity index (χ4v) is 3.05. The molecule has 6 nitrogen and oxygen atoms in total. The van der Waals surface area contributed by atoms with Crippen molar-refractivity contribution in [3.05, 3.63) is 65.4 Å². The first-order valence-corrected chi connectivity index (χ1v) is 8.83. The highest BCUT2D eigenvalue weighted by atomic mass is 16.6. The molecule has 4 rings (SSSR count). The highest BCUT2D eigenvalue weighted by molar-refractivity contribution is 6.13. The minimum atomic E-state index is -0.454. The number of aliphatic imine (C=N–C) groups is 1. The highest BCUT2D eigenvalue weighted by Crippen LogP contribution is 2.23. The molecule has 6 heteroatoms. The summed E-state index contributed by atoms with van der Waals surface area (Å²) in [4.78, 5) is 18.8. The Kier molecular flexibility index (Phi) is 4.89. The minimum absolute atomic E-state index is 0.284. The van der Waals surface area contributed by atoms with Gasteiger partial charge in [0.15, 0.2) is 5.70 Å². The zero-order chi connectivity index (χ0) is 18.6. The Morgan fingerprint density at radius 1 is 1.11 bits per heavy atom. The Morgan fingerprint density at radius 2 is 1.89 bits per heavy atom. The van der Waals surface area contributed by atoms with Gasteiger partial charge in [-0.15, -0.1) is 0 Å². The van der Waals surface area contributed by atoms with Gasteiger partial charge in [-0.25, -0.2) is 9.79 Å². The van der Waals surface area contributed by atoms with Gasteiger partial charge in [-0.05, 0) is 42.0 Å². The molecule has 1 saturated heterocycles. The van der Waals surface area contributed by atoms with Gasteiger partial charge in [-0.3, -0.25) is 0 Å². The number of hydrogen-bond acceptors (Lipinski definition) is 6. The maximum Gasteiger partial charge on any atom is 0.363 e. The first-order chi connectivity index (χ1) is 13.2. The van der Waals surface area contributed by atoms with Crippen LogP contribution in [0.2, 0.25) is 0 Å². The largest absolute Gasteiger partial charge is 0.497 e. The summed E-state index contributed by atoms with van der Waals surface area (Å²) in [6, 6.07) is 15.3. The molecular weight excluding hydrogens is 344 g/mol. The Morgan fingerprint density at radius 3 is 2.63 bits per heavy atom. The summed E-state index contributed by atoms with van der Waals surface area (Å²) in [6.45, 7) is 3.28. The molecule has 27 heavy (non-hydrogen) atoms. The topological polar surface area (TPSA) is 60.4 Å². The van der Waals surface area contributed by atoms with Crippen molar-refractivity contribution in [2.75, 3.05) is 38.3 Å². The Balaban J connectivity index is 1.54.